The molecule has 0 spiro atoms. The van der Waals surface area contributed by atoms with Gasteiger partial charge in [-0.1, -0.05) is 26.7 Å². The average Bonchev–Trinajstić information content (AvgIpc) is 2.35. The van der Waals surface area contributed by atoms with Gasteiger partial charge in [0, 0.05) is 0 Å². The van der Waals surface area contributed by atoms with Gasteiger partial charge in [0.05, 0.1) is 19.1 Å². The third-order valence-corrected chi connectivity index (χ3v) is 2.64. The first kappa shape index (κ1) is 16.9. The minimum Gasteiger partial charge on any atom is -0.466 e. The van der Waals surface area contributed by atoms with Crippen molar-refractivity contribution in [2.45, 2.75) is 52.5 Å². The number of hydrogen-bond donors (Lipinski definition) is 1. The number of unbranched alkanes of at least 4 members (excludes halogenated alkanes) is 1. The number of rotatable bonds is 9. The Bertz CT molecular complexity index is 255. The van der Waals surface area contributed by atoms with Gasteiger partial charge in [-0.3, -0.25) is 9.59 Å². The molecule has 0 aliphatic carbocycles. The Morgan fingerprint density at radius 1 is 1.06 bits per heavy atom. The van der Waals surface area contributed by atoms with Crippen LogP contribution in [0, 0.1) is 5.92 Å². The van der Waals surface area contributed by atoms with Crippen LogP contribution >= 0.6 is 0 Å². The largest absolute Gasteiger partial charge is 0.466 e. The lowest BCUT2D eigenvalue weighted by molar-refractivity contribution is -0.157. The summed E-state index contributed by atoms with van der Waals surface area (Å²) in [5, 5.41) is 0. The standard InChI is InChI=1S/C13H25NO4/c1-4-7-9-18-13(16)11(14)10(8-5-2)12(15)17-6-3/h10-11H,4-9,14H2,1-3H3. The van der Waals surface area contributed by atoms with E-state index >= 15 is 0 Å². The number of ether oxygens (including phenoxy) is 2. The van der Waals surface area contributed by atoms with E-state index in [-0.39, 0.29) is 6.61 Å². The molecule has 0 heterocycles. The van der Waals surface area contributed by atoms with Crippen LogP contribution in [0.5, 0.6) is 0 Å². The summed E-state index contributed by atoms with van der Waals surface area (Å²) in [5.74, 6) is -1.54. The van der Waals surface area contributed by atoms with Crippen LogP contribution in [-0.2, 0) is 19.1 Å². The van der Waals surface area contributed by atoms with Gasteiger partial charge in [0.15, 0.2) is 0 Å². The zero-order valence-electron chi connectivity index (χ0n) is 11.6. The molecule has 0 saturated carbocycles. The fourth-order valence-corrected chi connectivity index (χ4v) is 1.58. The molecule has 0 saturated heterocycles. The van der Waals surface area contributed by atoms with Crippen molar-refractivity contribution in [2.75, 3.05) is 13.2 Å². The number of carbonyl (C=O) groups is 2. The normalized spacial score (nSPS) is 13.8. The molecule has 2 unspecified atom stereocenters. The maximum Gasteiger partial charge on any atom is 0.323 e. The molecular weight excluding hydrogens is 234 g/mol. The van der Waals surface area contributed by atoms with Crippen molar-refractivity contribution >= 4 is 11.9 Å². The van der Waals surface area contributed by atoms with Gasteiger partial charge in [0.25, 0.3) is 0 Å². The van der Waals surface area contributed by atoms with Crippen molar-refractivity contribution in [1.82, 2.24) is 0 Å². The average molecular weight is 259 g/mol. The van der Waals surface area contributed by atoms with E-state index in [0.717, 1.165) is 19.3 Å². The molecule has 106 valence electrons. The van der Waals surface area contributed by atoms with E-state index in [9.17, 15) is 9.59 Å². The molecule has 0 fully saturated rings. The van der Waals surface area contributed by atoms with Crippen molar-refractivity contribution in [3.05, 3.63) is 0 Å². The van der Waals surface area contributed by atoms with Crippen molar-refractivity contribution in [1.29, 1.82) is 0 Å². The van der Waals surface area contributed by atoms with E-state index in [1.54, 1.807) is 6.92 Å². The van der Waals surface area contributed by atoms with Crippen LogP contribution < -0.4 is 5.73 Å². The van der Waals surface area contributed by atoms with E-state index in [2.05, 4.69) is 0 Å². The summed E-state index contributed by atoms with van der Waals surface area (Å²) < 4.78 is 9.95. The minimum absolute atomic E-state index is 0.288. The summed E-state index contributed by atoms with van der Waals surface area (Å²) in [5.41, 5.74) is 5.79. The predicted molar refractivity (Wildman–Crippen MR) is 68.9 cm³/mol. The lowest BCUT2D eigenvalue weighted by atomic mass is 9.95. The molecule has 18 heavy (non-hydrogen) atoms. The van der Waals surface area contributed by atoms with Crippen LogP contribution in [0.2, 0.25) is 0 Å². The molecule has 0 aromatic rings. The third-order valence-electron chi connectivity index (χ3n) is 2.64. The zero-order chi connectivity index (χ0) is 14.0. The van der Waals surface area contributed by atoms with Crippen LogP contribution in [0.15, 0.2) is 0 Å². The van der Waals surface area contributed by atoms with Crippen LogP contribution in [0.3, 0.4) is 0 Å². The molecule has 0 rings (SSSR count). The van der Waals surface area contributed by atoms with Crippen LogP contribution in [0.4, 0.5) is 0 Å². The summed E-state index contributed by atoms with van der Waals surface area (Å²) in [4.78, 5) is 23.4. The Morgan fingerprint density at radius 2 is 1.72 bits per heavy atom. The fourth-order valence-electron chi connectivity index (χ4n) is 1.58. The summed E-state index contributed by atoms with van der Waals surface area (Å²) in [7, 11) is 0. The Labute approximate surface area is 109 Å². The van der Waals surface area contributed by atoms with Gasteiger partial charge >= 0.3 is 11.9 Å². The first-order valence-electron chi connectivity index (χ1n) is 6.67. The predicted octanol–water partition coefficient (Wildman–Crippen LogP) is 1.64. The van der Waals surface area contributed by atoms with E-state index in [1.165, 1.54) is 0 Å². The Hall–Kier alpha value is -1.10. The molecule has 0 aromatic carbocycles. The molecule has 2 atom stereocenters. The van der Waals surface area contributed by atoms with E-state index in [0.29, 0.717) is 13.0 Å². The summed E-state index contributed by atoms with van der Waals surface area (Å²) in [6.07, 6.45) is 3.04. The second-order valence-electron chi connectivity index (χ2n) is 4.19. The highest BCUT2D eigenvalue weighted by molar-refractivity contribution is 5.84. The molecule has 0 aromatic heterocycles. The monoisotopic (exact) mass is 259 g/mol. The maximum atomic E-state index is 11.7. The summed E-state index contributed by atoms with van der Waals surface area (Å²) in [6.45, 7) is 6.31. The maximum absolute atomic E-state index is 11.7. The smallest absolute Gasteiger partial charge is 0.323 e. The van der Waals surface area contributed by atoms with Gasteiger partial charge < -0.3 is 15.2 Å². The molecule has 0 amide bonds. The highest BCUT2D eigenvalue weighted by Crippen LogP contribution is 2.14. The van der Waals surface area contributed by atoms with Crippen LogP contribution in [-0.4, -0.2) is 31.2 Å². The zero-order valence-corrected chi connectivity index (χ0v) is 11.6. The van der Waals surface area contributed by atoms with Gasteiger partial charge in [-0.2, -0.15) is 0 Å². The molecule has 0 aliphatic rings. The van der Waals surface area contributed by atoms with Crippen LogP contribution in [0.25, 0.3) is 0 Å². The first-order valence-corrected chi connectivity index (χ1v) is 6.67. The summed E-state index contributed by atoms with van der Waals surface area (Å²) >= 11 is 0. The van der Waals surface area contributed by atoms with E-state index in [4.69, 9.17) is 15.2 Å². The third kappa shape index (κ3) is 6.00. The molecule has 0 aliphatic heterocycles. The SMILES string of the molecule is CCCCOC(=O)C(N)C(CCC)C(=O)OCC. The highest BCUT2D eigenvalue weighted by atomic mass is 16.5. The Balaban J connectivity index is 4.39. The highest BCUT2D eigenvalue weighted by Gasteiger charge is 2.32. The fraction of sp³-hybridized carbons (Fsp3) is 0.846. The molecule has 0 bridgehead atoms. The molecule has 5 nitrogen and oxygen atoms in total. The molecule has 5 heteroatoms. The first-order chi connectivity index (χ1) is 8.58. The number of esters is 2. The Morgan fingerprint density at radius 3 is 2.22 bits per heavy atom. The number of nitrogens with two attached hydrogens (primary N) is 1. The second-order valence-corrected chi connectivity index (χ2v) is 4.19. The van der Waals surface area contributed by atoms with Gasteiger partial charge in [-0.15, -0.1) is 0 Å². The van der Waals surface area contributed by atoms with Crippen LogP contribution in [0.1, 0.15) is 46.5 Å². The van der Waals surface area contributed by atoms with Gasteiger partial charge in [0.2, 0.25) is 0 Å². The molecule has 0 radical (unpaired) electrons. The lowest BCUT2D eigenvalue weighted by Crippen LogP contribution is -2.43. The van der Waals surface area contributed by atoms with E-state index < -0.39 is 23.9 Å². The topological polar surface area (TPSA) is 78.6 Å². The molecular formula is C13H25NO4. The lowest BCUT2D eigenvalue weighted by Gasteiger charge is -2.20. The summed E-state index contributed by atoms with van der Waals surface area (Å²) in [6, 6.07) is -0.930. The second kappa shape index (κ2) is 9.88. The van der Waals surface area contributed by atoms with Crippen molar-refractivity contribution < 1.29 is 19.1 Å². The number of carbonyl (C=O) groups excluding carboxylic acids is 2. The van der Waals surface area contributed by atoms with Gasteiger partial charge in [-0.05, 0) is 19.8 Å². The quantitative estimate of drug-likeness (QED) is 0.503. The molecule has 2 N–H and O–H groups in total. The van der Waals surface area contributed by atoms with Crippen molar-refractivity contribution in [3.8, 4) is 0 Å². The van der Waals surface area contributed by atoms with Crippen molar-refractivity contribution in [3.63, 3.8) is 0 Å². The van der Waals surface area contributed by atoms with Gasteiger partial charge in [-0.25, -0.2) is 0 Å². The van der Waals surface area contributed by atoms with E-state index in [1.807, 2.05) is 13.8 Å². The van der Waals surface area contributed by atoms with Crippen molar-refractivity contribution in [2.24, 2.45) is 11.7 Å². The van der Waals surface area contributed by atoms with Gasteiger partial charge in [0.1, 0.15) is 6.04 Å². The minimum atomic E-state index is -0.930. The Kier molecular flexibility index (Phi) is 9.28. The number of hydrogen-bond acceptors (Lipinski definition) is 5.